The van der Waals surface area contributed by atoms with E-state index >= 15 is 0 Å². The van der Waals surface area contributed by atoms with Gasteiger partial charge in [-0.05, 0) is 6.08 Å². The van der Waals surface area contributed by atoms with Crippen LogP contribution < -0.4 is 5.73 Å². The Hall–Kier alpha value is -1.14. The summed E-state index contributed by atoms with van der Waals surface area (Å²) in [5.74, 6) is 2.35. The molecule has 13 heavy (non-hydrogen) atoms. The van der Waals surface area contributed by atoms with Crippen molar-refractivity contribution in [1.29, 1.82) is 0 Å². The average Bonchev–Trinajstić information content (AvgIpc) is 2.04. The zero-order chi connectivity index (χ0) is 10.3. The summed E-state index contributed by atoms with van der Waals surface area (Å²) >= 11 is 5.38. The summed E-state index contributed by atoms with van der Waals surface area (Å²) < 4.78 is 4.80. The Morgan fingerprint density at radius 1 is 1.85 bits per heavy atom. The zero-order valence-corrected chi connectivity index (χ0v) is 8.17. The van der Waals surface area contributed by atoms with Gasteiger partial charge in [-0.2, -0.15) is 0 Å². The molecule has 0 bridgehead atoms. The van der Waals surface area contributed by atoms with Gasteiger partial charge in [0.2, 0.25) is 0 Å². The summed E-state index contributed by atoms with van der Waals surface area (Å²) in [5, 5.41) is 0. The second-order valence-electron chi connectivity index (χ2n) is 2.50. The first-order valence-corrected chi connectivity index (χ1v) is 4.28. The molecule has 1 unspecified atom stereocenters. The molecule has 1 amide bonds. The minimum Gasteiger partial charge on any atom is -0.426 e. The van der Waals surface area contributed by atoms with E-state index in [9.17, 15) is 4.79 Å². The van der Waals surface area contributed by atoms with Crippen LogP contribution in [0.15, 0.2) is 11.6 Å². The Balaban J connectivity index is 4.66. The van der Waals surface area contributed by atoms with Crippen LogP contribution in [-0.2, 0) is 4.74 Å². The van der Waals surface area contributed by atoms with Gasteiger partial charge in [0.15, 0.2) is 5.60 Å². The molecule has 4 heteroatoms. The van der Waals surface area contributed by atoms with Crippen LogP contribution in [-0.4, -0.2) is 11.7 Å². The quantitative estimate of drug-likeness (QED) is 0.708. The fourth-order valence-corrected chi connectivity index (χ4v) is 1.17. The van der Waals surface area contributed by atoms with E-state index in [0.717, 1.165) is 6.42 Å². The molecule has 0 aliphatic heterocycles. The van der Waals surface area contributed by atoms with E-state index in [2.05, 4.69) is 5.92 Å². The predicted octanol–water partition coefficient (Wildman–Crippen LogP) is 2.01. The molecule has 0 radical (unpaired) electrons. The van der Waals surface area contributed by atoms with Gasteiger partial charge in [0.1, 0.15) is 0 Å². The molecule has 3 nitrogen and oxygen atoms in total. The lowest BCUT2D eigenvalue weighted by molar-refractivity contribution is 0.0865. The molecule has 2 N–H and O–H groups in total. The Labute approximate surface area is 82.9 Å². The number of nitrogens with two attached hydrogens (primary N) is 1. The van der Waals surface area contributed by atoms with E-state index in [1.54, 1.807) is 0 Å². The highest BCUT2D eigenvalue weighted by molar-refractivity contribution is 6.25. The largest absolute Gasteiger partial charge is 0.426 e. The van der Waals surface area contributed by atoms with Gasteiger partial charge in [0, 0.05) is 12.0 Å². The lowest BCUT2D eigenvalue weighted by atomic mass is 9.99. The van der Waals surface area contributed by atoms with Crippen molar-refractivity contribution in [2.45, 2.75) is 25.4 Å². The van der Waals surface area contributed by atoms with Crippen molar-refractivity contribution in [3.8, 4) is 12.3 Å². The highest BCUT2D eigenvalue weighted by Gasteiger charge is 2.26. The lowest BCUT2D eigenvalue weighted by Gasteiger charge is -2.22. The van der Waals surface area contributed by atoms with Crippen molar-refractivity contribution >= 4 is 17.7 Å². The van der Waals surface area contributed by atoms with Gasteiger partial charge < -0.3 is 10.5 Å². The Morgan fingerprint density at radius 3 is 2.77 bits per heavy atom. The van der Waals surface area contributed by atoms with E-state index in [-0.39, 0.29) is 0 Å². The minimum atomic E-state index is -1.09. The molecular weight excluding hydrogens is 190 g/mol. The van der Waals surface area contributed by atoms with E-state index in [4.69, 9.17) is 28.5 Å². The van der Waals surface area contributed by atoms with Crippen molar-refractivity contribution in [3.63, 3.8) is 0 Å². The van der Waals surface area contributed by atoms with E-state index < -0.39 is 11.7 Å². The maximum atomic E-state index is 10.6. The normalized spacial score (nSPS) is 14.8. The minimum absolute atomic E-state index is 0.496. The van der Waals surface area contributed by atoms with Gasteiger partial charge in [-0.1, -0.05) is 30.9 Å². The van der Waals surface area contributed by atoms with E-state index in [1.807, 2.05) is 6.92 Å². The van der Waals surface area contributed by atoms with Crippen molar-refractivity contribution in [1.82, 2.24) is 0 Å². The molecule has 0 aromatic heterocycles. The van der Waals surface area contributed by atoms with Gasteiger partial charge in [-0.3, -0.25) is 0 Å². The Kier molecular flexibility index (Phi) is 5.01. The van der Waals surface area contributed by atoms with Crippen molar-refractivity contribution in [2.75, 3.05) is 0 Å². The highest BCUT2D eigenvalue weighted by Crippen LogP contribution is 2.19. The van der Waals surface area contributed by atoms with E-state index in [1.165, 1.54) is 11.6 Å². The molecule has 0 fully saturated rings. The second kappa shape index (κ2) is 5.50. The van der Waals surface area contributed by atoms with Gasteiger partial charge in [0.05, 0.1) is 0 Å². The smallest absolute Gasteiger partial charge is 0.406 e. The molecule has 1 atom stereocenters. The summed E-state index contributed by atoms with van der Waals surface area (Å²) in [4.78, 5) is 10.6. The van der Waals surface area contributed by atoms with Gasteiger partial charge in [-0.25, -0.2) is 4.79 Å². The van der Waals surface area contributed by atoms with Crippen LogP contribution in [0.25, 0.3) is 0 Å². The number of terminal acetylenes is 1. The third-order valence-electron chi connectivity index (χ3n) is 1.48. The van der Waals surface area contributed by atoms with Gasteiger partial charge in [-0.15, -0.1) is 6.42 Å². The summed E-state index contributed by atoms with van der Waals surface area (Å²) in [7, 11) is 0. The van der Waals surface area contributed by atoms with Crippen molar-refractivity contribution in [3.05, 3.63) is 11.6 Å². The van der Waals surface area contributed by atoms with Crippen LogP contribution in [0, 0.1) is 12.3 Å². The summed E-state index contributed by atoms with van der Waals surface area (Å²) in [6.45, 7) is 1.92. The molecular formula is C9H12ClNO2. The van der Waals surface area contributed by atoms with Crippen LogP contribution >= 0.6 is 11.6 Å². The summed E-state index contributed by atoms with van der Waals surface area (Å²) in [6.07, 6.45) is 7.03. The van der Waals surface area contributed by atoms with Crippen LogP contribution in [0.2, 0.25) is 0 Å². The molecule has 0 heterocycles. The molecule has 0 saturated carbocycles. The van der Waals surface area contributed by atoms with Crippen LogP contribution in [0.1, 0.15) is 19.8 Å². The topological polar surface area (TPSA) is 52.3 Å². The predicted molar refractivity (Wildman–Crippen MR) is 52.1 cm³/mol. The first-order chi connectivity index (χ1) is 6.10. The number of hydrogen-bond acceptors (Lipinski definition) is 2. The lowest BCUT2D eigenvalue weighted by Crippen LogP contribution is -2.33. The standard InChI is InChI=1S/C9H12ClNO2/c1-3-5-9(4-2,6-7-10)13-8(11)12/h2,6-7H,3,5H2,1H3,(H2,11,12)/b7-6+. The number of carbonyl (C=O) groups is 1. The SMILES string of the molecule is C#CC(/C=C/Cl)(CCC)OC(N)=O. The molecule has 0 saturated heterocycles. The summed E-state index contributed by atoms with van der Waals surface area (Å²) in [6, 6.07) is 0. The molecule has 0 aliphatic carbocycles. The fraction of sp³-hybridized carbons (Fsp3) is 0.444. The first kappa shape index (κ1) is 11.9. The van der Waals surface area contributed by atoms with E-state index in [0.29, 0.717) is 6.42 Å². The zero-order valence-electron chi connectivity index (χ0n) is 7.42. The van der Waals surface area contributed by atoms with Gasteiger partial charge in [0.25, 0.3) is 0 Å². The fourth-order valence-electron chi connectivity index (χ4n) is 0.971. The molecule has 72 valence electrons. The van der Waals surface area contributed by atoms with Gasteiger partial charge >= 0.3 is 6.09 Å². The number of amides is 1. The third-order valence-corrected chi connectivity index (χ3v) is 1.61. The molecule has 0 aromatic carbocycles. The number of rotatable bonds is 4. The number of halogens is 1. The van der Waals surface area contributed by atoms with Crippen LogP contribution in [0.3, 0.4) is 0 Å². The first-order valence-electron chi connectivity index (χ1n) is 3.84. The molecule has 0 aromatic rings. The van der Waals surface area contributed by atoms with Crippen molar-refractivity contribution in [2.24, 2.45) is 5.73 Å². The maximum Gasteiger partial charge on any atom is 0.406 e. The molecule has 0 spiro atoms. The number of primary amides is 1. The summed E-state index contributed by atoms with van der Waals surface area (Å²) in [5.41, 5.74) is 5.01. The van der Waals surface area contributed by atoms with Crippen LogP contribution in [0.4, 0.5) is 4.79 Å². The number of ether oxygens (including phenoxy) is 1. The molecule has 0 rings (SSSR count). The van der Waals surface area contributed by atoms with Crippen LogP contribution in [0.5, 0.6) is 0 Å². The Bertz CT molecular complexity index is 244. The average molecular weight is 202 g/mol. The highest BCUT2D eigenvalue weighted by atomic mass is 35.5. The second-order valence-corrected chi connectivity index (χ2v) is 2.75. The number of carbonyl (C=O) groups excluding carboxylic acids is 1. The molecule has 0 aliphatic rings. The maximum absolute atomic E-state index is 10.6. The monoisotopic (exact) mass is 201 g/mol. The Morgan fingerprint density at radius 2 is 2.46 bits per heavy atom. The third kappa shape index (κ3) is 3.86. The van der Waals surface area contributed by atoms with Crippen molar-refractivity contribution < 1.29 is 9.53 Å². The number of hydrogen-bond donors (Lipinski definition) is 1.